The number of likely N-dealkylation sites (N-methyl/N-ethyl adjacent to an activating group) is 1. The molecule has 1 atom stereocenters. The van der Waals surface area contributed by atoms with Gasteiger partial charge in [0.15, 0.2) is 17.9 Å². The lowest BCUT2D eigenvalue weighted by atomic mass is 10.1. The van der Waals surface area contributed by atoms with E-state index in [-0.39, 0.29) is 11.5 Å². The lowest BCUT2D eigenvalue weighted by molar-refractivity contribution is -0.126. The molecule has 0 saturated heterocycles. The lowest BCUT2D eigenvalue weighted by Crippen LogP contribution is -2.46. The molecule has 11 heteroatoms. The van der Waals surface area contributed by atoms with Crippen LogP contribution in [0.1, 0.15) is 30.6 Å². The zero-order chi connectivity index (χ0) is 19.6. The van der Waals surface area contributed by atoms with E-state index < -0.39 is 34.0 Å². The highest BCUT2D eigenvalue weighted by Crippen LogP contribution is 2.35. The maximum Gasteiger partial charge on any atom is 0.283 e. The molecule has 1 aliphatic heterocycles. The Morgan fingerprint density at radius 3 is 2.58 bits per heavy atom. The predicted molar refractivity (Wildman–Crippen MR) is 93.7 cm³/mol. The molecule has 4 N–H and O–H groups in total. The van der Waals surface area contributed by atoms with Crippen LogP contribution in [0.3, 0.4) is 0 Å². The number of hydrogen-bond acceptors (Lipinski definition) is 6. The largest absolute Gasteiger partial charge is 0.478 e. The molecule has 0 aliphatic carbocycles. The fraction of sp³-hybridized carbons (Fsp3) is 0.400. The van der Waals surface area contributed by atoms with Gasteiger partial charge in [-0.2, -0.15) is 8.42 Å². The van der Waals surface area contributed by atoms with Crippen molar-refractivity contribution in [3.63, 3.8) is 0 Å². The number of carbonyl (C=O) groups is 2. The standard InChI is InChI=1S/C15H20N4O6S/c1-3-11-14(21)18(4-2)10-6-5-9(7-12(10)25-11)13(20)19(15(16)17)8-26(22,23)24/h5-7,11H,3-4,8H2,1-2H3,(H3,16,17)(H,22,23,24)/t11-/m0/s1. The molecule has 142 valence electrons. The first-order valence-corrected chi connectivity index (χ1v) is 9.43. The van der Waals surface area contributed by atoms with E-state index in [4.69, 9.17) is 20.4 Å². The molecule has 0 fully saturated rings. The number of guanidine groups is 1. The van der Waals surface area contributed by atoms with Crippen molar-refractivity contribution in [1.29, 1.82) is 5.41 Å². The molecule has 26 heavy (non-hydrogen) atoms. The van der Waals surface area contributed by atoms with Gasteiger partial charge < -0.3 is 15.4 Å². The van der Waals surface area contributed by atoms with Crippen LogP contribution in [0.25, 0.3) is 0 Å². The molecule has 0 saturated carbocycles. The van der Waals surface area contributed by atoms with Crippen LogP contribution < -0.4 is 15.4 Å². The molecule has 1 heterocycles. The summed E-state index contributed by atoms with van der Waals surface area (Å²) in [7, 11) is -4.57. The van der Waals surface area contributed by atoms with Crippen molar-refractivity contribution in [3.05, 3.63) is 23.8 Å². The highest BCUT2D eigenvalue weighted by Gasteiger charge is 2.33. The monoisotopic (exact) mass is 384 g/mol. The molecule has 0 radical (unpaired) electrons. The van der Waals surface area contributed by atoms with E-state index in [1.165, 1.54) is 23.1 Å². The van der Waals surface area contributed by atoms with Crippen molar-refractivity contribution in [2.45, 2.75) is 26.4 Å². The quantitative estimate of drug-likeness (QED) is 0.377. The summed E-state index contributed by atoms with van der Waals surface area (Å²) in [5, 5.41) is 7.37. The summed E-state index contributed by atoms with van der Waals surface area (Å²) >= 11 is 0. The van der Waals surface area contributed by atoms with Gasteiger partial charge in [0.25, 0.3) is 21.9 Å². The first-order valence-electron chi connectivity index (χ1n) is 7.82. The number of benzene rings is 1. The molecule has 0 bridgehead atoms. The van der Waals surface area contributed by atoms with Crippen LogP contribution in [0.15, 0.2) is 18.2 Å². The van der Waals surface area contributed by atoms with Crippen molar-refractivity contribution in [2.75, 3.05) is 17.3 Å². The van der Waals surface area contributed by atoms with E-state index in [0.29, 0.717) is 29.3 Å². The minimum atomic E-state index is -4.57. The van der Waals surface area contributed by atoms with Gasteiger partial charge in [-0.1, -0.05) is 6.92 Å². The summed E-state index contributed by atoms with van der Waals surface area (Å²) in [6, 6.07) is 4.23. The Kier molecular flexibility index (Phi) is 5.52. The average molecular weight is 384 g/mol. The van der Waals surface area contributed by atoms with E-state index in [1.807, 2.05) is 6.92 Å². The van der Waals surface area contributed by atoms with Crippen LogP contribution in [0.2, 0.25) is 0 Å². The number of rotatable bonds is 5. The van der Waals surface area contributed by atoms with Crippen molar-refractivity contribution in [1.82, 2.24) is 4.90 Å². The number of nitrogens with two attached hydrogens (primary N) is 1. The highest BCUT2D eigenvalue weighted by atomic mass is 32.2. The van der Waals surface area contributed by atoms with Crippen LogP contribution in [0.5, 0.6) is 5.75 Å². The maximum atomic E-state index is 12.5. The van der Waals surface area contributed by atoms with E-state index in [2.05, 4.69) is 0 Å². The molecule has 0 spiro atoms. The fourth-order valence-electron chi connectivity index (χ4n) is 2.60. The van der Waals surface area contributed by atoms with Gasteiger partial charge in [0.1, 0.15) is 5.75 Å². The summed E-state index contributed by atoms with van der Waals surface area (Å²) in [5.41, 5.74) is 5.75. The van der Waals surface area contributed by atoms with Crippen molar-refractivity contribution in [3.8, 4) is 5.75 Å². The van der Waals surface area contributed by atoms with E-state index in [9.17, 15) is 18.0 Å². The van der Waals surface area contributed by atoms with Crippen LogP contribution in [-0.2, 0) is 14.9 Å². The summed E-state index contributed by atoms with van der Waals surface area (Å²) in [6.07, 6.45) is -0.246. The van der Waals surface area contributed by atoms with Crippen molar-refractivity contribution >= 4 is 33.6 Å². The number of nitrogens with zero attached hydrogens (tertiary/aromatic N) is 2. The van der Waals surface area contributed by atoms with Gasteiger partial charge in [0.2, 0.25) is 0 Å². The Hall–Kier alpha value is -2.66. The van der Waals surface area contributed by atoms with Crippen LogP contribution in [0, 0.1) is 5.41 Å². The normalized spacial score (nSPS) is 16.7. The number of carbonyl (C=O) groups excluding carboxylic acids is 2. The van der Waals surface area contributed by atoms with Crippen LogP contribution in [0.4, 0.5) is 5.69 Å². The summed E-state index contributed by atoms with van der Waals surface area (Å²) in [6.45, 7) is 4.02. The second-order valence-electron chi connectivity index (χ2n) is 5.61. The number of fused-ring (bicyclic) bond motifs is 1. The van der Waals surface area contributed by atoms with Crippen LogP contribution in [-0.4, -0.2) is 54.2 Å². The number of ether oxygens (including phenoxy) is 1. The van der Waals surface area contributed by atoms with Gasteiger partial charge in [-0.15, -0.1) is 0 Å². The molecule has 1 aliphatic rings. The van der Waals surface area contributed by atoms with Crippen molar-refractivity contribution < 1.29 is 27.3 Å². The van der Waals surface area contributed by atoms with Crippen molar-refractivity contribution in [2.24, 2.45) is 5.73 Å². The van der Waals surface area contributed by atoms with E-state index >= 15 is 0 Å². The first kappa shape index (κ1) is 19.7. The Labute approximate surface area is 150 Å². The average Bonchev–Trinajstić information content (AvgIpc) is 2.57. The number of amides is 2. The predicted octanol–water partition coefficient (Wildman–Crippen LogP) is 0.391. The minimum Gasteiger partial charge on any atom is -0.478 e. The maximum absolute atomic E-state index is 12.5. The molecular formula is C15H20N4O6S. The third-order valence-electron chi connectivity index (χ3n) is 3.82. The van der Waals surface area contributed by atoms with E-state index in [1.54, 1.807) is 6.92 Å². The van der Waals surface area contributed by atoms with Gasteiger partial charge in [-0.3, -0.25) is 24.5 Å². The topological polar surface area (TPSA) is 154 Å². The van der Waals surface area contributed by atoms with Gasteiger partial charge in [0.05, 0.1) is 5.69 Å². The second-order valence-corrected chi connectivity index (χ2v) is 7.03. The lowest BCUT2D eigenvalue weighted by Gasteiger charge is -2.33. The number of hydrogen-bond donors (Lipinski definition) is 3. The SMILES string of the molecule is CC[C@@H]1Oc2cc(C(=O)N(CS(=O)(=O)O)C(=N)N)ccc2N(CC)C1=O. The Morgan fingerprint density at radius 2 is 2.08 bits per heavy atom. The van der Waals surface area contributed by atoms with Gasteiger partial charge >= 0.3 is 0 Å². The Morgan fingerprint density at radius 1 is 1.42 bits per heavy atom. The second kappa shape index (κ2) is 7.30. The smallest absolute Gasteiger partial charge is 0.283 e. The van der Waals surface area contributed by atoms with Gasteiger partial charge in [-0.25, -0.2) is 0 Å². The third kappa shape index (κ3) is 3.94. The summed E-state index contributed by atoms with van der Waals surface area (Å²) in [5.74, 6) is -2.76. The Bertz CT molecular complexity index is 854. The Balaban J connectivity index is 2.42. The molecule has 2 amide bonds. The molecule has 1 aromatic rings. The molecule has 0 unspecified atom stereocenters. The van der Waals surface area contributed by atoms with Gasteiger partial charge in [-0.05, 0) is 31.5 Å². The third-order valence-corrected chi connectivity index (χ3v) is 4.41. The molecule has 10 nitrogen and oxygen atoms in total. The molecule has 2 rings (SSSR count). The minimum absolute atomic E-state index is 0.00264. The van der Waals surface area contributed by atoms with Crippen LogP contribution >= 0.6 is 0 Å². The highest BCUT2D eigenvalue weighted by molar-refractivity contribution is 7.85. The molecular weight excluding hydrogens is 364 g/mol. The zero-order valence-electron chi connectivity index (χ0n) is 14.3. The molecule has 0 aromatic heterocycles. The summed E-state index contributed by atoms with van der Waals surface area (Å²) < 4.78 is 36.7. The number of nitrogens with one attached hydrogen (secondary N) is 1. The zero-order valence-corrected chi connectivity index (χ0v) is 15.1. The van der Waals surface area contributed by atoms with E-state index in [0.717, 1.165) is 0 Å². The fourth-order valence-corrected chi connectivity index (χ4v) is 3.18. The number of anilines is 1. The summed E-state index contributed by atoms with van der Waals surface area (Å²) in [4.78, 5) is 26.8. The van der Waals surface area contributed by atoms with Gasteiger partial charge in [0, 0.05) is 12.1 Å². The molecule has 1 aromatic carbocycles. The first-order chi connectivity index (χ1) is 12.1.